The van der Waals surface area contributed by atoms with E-state index >= 15 is 0 Å². The van der Waals surface area contributed by atoms with Crippen LogP contribution in [0, 0.1) is 5.41 Å². The average Bonchev–Trinajstić information content (AvgIpc) is 3.09. The fraction of sp³-hybridized carbons (Fsp3) is 0.667. The monoisotopic (exact) mass is 398 g/mol. The number of hydrogen-bond acceptors (Lipinski definition) is 4. The Morgan fingerprint density at radius 3 is 2.52 bits per heavy atom. The molecular weight excluding hydrogens is 364 g/mol. The average molecular weight is 399 g/mol. The van der Waals surface area contributed by atoms with Gasteiger partial charge in [-0.15, -0.1) is 0 Å². The standard InChI is InChI=1S/C24H34N2O3/c1-24(2)15-22(27)26(23(28)16-24)13-5-4-12-25-14-11-18-17-7-6-8-21(29-3)19(17)9-10-20(18)25/h6-8,18,20H,4-5,9-16H2,1-3H3/t18-,20+/m1/s1. The highest BCUT2D eigenvalue weighted by atomic mass is 16.5. The van der Waals surface area contributed by atoms with E-state index in [1.54, 1.807) is 7.11 Å². The summed E-state index contributed by atoms with van der Waals surface area (Å²) in [5.74, 6) is 1.66. The maximum atomic E-state index is 12.3. The number of fused-ring (bicyclic) bond motifs is 3. The zero-order chi connectivity index (χ0) is 20.6. The van der Waals surface area contributed by atoms with Gasteiger partial charge in [0.25, 0.3) is 0 Å². The molecule has 2 fully saturated rings. The second kappa shape index (κ2) is 8.10. The van der Waals surface area contributed by atoms with Gasteiger partial charge in [-0.1, -0.05) is 26.0 Å². The number of carbonyl (C=O) groups is 2. The number of ether oxygens (including phenoxy) is 1. The van der Waals surface area contributed by atoms with E-state index in [-0.39, 0.29) is 17.2 Å². The second-order valence-electron chi connectivity index (χ2n) is 9.73. The summed E-state index contributed by atoms with van der Waals surface area (Å²) in [5, 5.41) is 0. The lowest BCUT2D eigenvalue weighted by molar-refractivity contribution is -0.152. The van der Waals surface area contributed by atoms with Crippen LogP contribution in [0.2, 0.25) is 0 Å². The molecule has 158 valence electrons. The molecular formula is C24H34N2O3. The molecule has 0 saturated carbocycles. The molecule has 2 saturated heterocycles. The second-order valence-corrected chi connectivity index (χ2v) is 9.73. The van der Waals surface area contributed by atoms with Crippen molar-refractivity contribution in [1.82, 2.24) is 9.80 Å². The van der Waals surface area contributed by atoms with Gasteiger partial charge >= 0.3 is 0 Å². The fourth-order valence-electron chi connectivity index (χ4n) is 5.67. The first-order valence-electron chi connectivity index (χ1n) is 11.1. The van der Waals surface area contributed by atoms with Crippen LogP contribution in [0.15, 0.2) is 18.2 Å². The van der Waals surface area contributed by atoms with Gasteiger partial charge in [0, 0.05) is 31.3 Å². The summed E-state index contributed by atoms with van der Waals surface area (Å²) >= 11 is 0. The van der Waals surface area contributed by atoms with Crippen LogP contribution in [-0.2, 0) is 16.0 Å². The maximum absolute atomic E-state index is 12.3. The Hall–Kier alpha value is -1.88. The minimum atomic E-state index is -0.185. The Bertz CT molecular complexity index is 768. The summed E-state index contributed by atoms with van der Waals surface area (Å²) in [7, 11) is 1.77. The van der Waals surface area contributed by atoms with Crippen LogP contribution < -0.4 is 4.74 Å². The molecule has 0 aromatic heterocycles. The zero-order valence-corrected chi connectivity index (χ0v) is 18.1. The smallest absolute Gasteiger partial charge is 0.229 e. The van der Waals surface area contributed by atoms with Crippen molar-refractivity contribution in [3.05, 3.63) is 29.3 Å². The normalized spacial score (nSPS) is 26.4. The Morgan fingerprint density at radius 2 is 1.79 bits per heavy atom. The zero-order valence-electron chi connectivity index (χ0n) is 18.1. The van der Waals surface area contributed by atoms with Crippen LogP contribution in [0.25, 0.3) is 0 Å². The lowest BCUT2D eigenvalue weighted by Gasteiger charge is -2.35. The third-order valence-electron chi connectivity index (χ3n) is 7.08. The summed E-state index contributed by atoms with van der Waals surface area (Å²) in [4.78, 5) is 28.8. The molecule has 1 aliphatic carbocycles. The molecule has 0 N–H and O–H groups in total. The van der Waals surface area contributed by atoms with Crippen LogP contribution in [0.3, 0.4) is 0 Å². The van der Waals surface area contributed by atoms with Gasteiger partial charge in [0.2, 0.25) is 11.8 Å². The third kappa shape index (κ3) is 4.07. The summed E-state index contributed by atoms with van der Waals surface area (Å²) in [6.07, 6.45) is 6.39. The lowest BCUT2D eigenvalue weighted by atomic mass is 9.79. The quantitative estimate of drug-likeness (QED) is 0.541. The van der Waals surface area contributed by atoms with Crippen molar-refractivity contribution in [2.45, 2.75) is 70.8 Å². The number of rotatable bonds is 6. The first kappa shape index (κ1) is 20.4. The number of hydrogen-bond donors (Lipinski definition) is 0. The highest BCUT2D eigenvalue weighted by Crippen LogP contribution is 2.44. The minimum absolute atomic E-state index is 0.00493. The van der Waals surface area contributed by atoms with Gasteiger partial charge in [-0.2, -0.15) is 0 Å². The van der Waals surface area contributed by atoms with Gasteiger partial charge in [-0.25, -0.2) is 0 Å². The van der Waals surface area contributed by atoms with Crippen LogP contribution in [-0.4, -0.2) is 54.4 Å². The van der Waals surface area contributed by atoms with Gasteiger partial charge < -0.3 is 4.74 Å². The van der Waals surface area contributed by atoms with Gasteiger partial charge in [0.1, 0.15) is 5.75 Å². The Labute approximate surface area is 174 Å². The summed E-state index contributed by atoms with van der Waals surface area (Å²) in [6.45, 7) is 6.78. The molecule has 0 spiro atoms. The summed E-state index contributed by atoms with van der Waals surface area (Å²) < 4.78 is 5.58. The van der Waals surface area contributed by atoms with Crippen molar-refractivity contribution in [1.29, 1.82) is 0 Å². The van der Waals surface area contributed by atoms with Crippen molar-refractivity contribution in [3.63, 3.8) is 0 Å². The predicted molar refractivity (Wildman–Crippen MR) is 113 cm³/mol. The number of likely N-dealkylation sites (tertiary alicyclic amines) is 2. The Balaban J connectivity index is 1.29. The van der Waals surface area contributed by atoms with Crippen LogP contribution in [0.5, 0.6) is 5.75 Å². The van der Waals surface area contributed by atoms with Crippen LogP contribution >= 0.6 is 0 Å². The molecule has 1 aromatic carbocycles. The van der Waals surface area contributed by atoms with E-state index in [0.29, 0.717) is 31.3 Å². The molecule has 4 rings (SSSR count). The molecule has 5 nitrogen and oxygen atoms in total. The van der Waals surface area contributed by atoms with Crippen molar-refractivity contribution < 1.29 is 14.3 Å². The maximum Gasteiger partial charge on any atom is 0.229 e. The first-order chi connectivity index (χ1) is 13.9. The third-order valence-corrected chi connectivity index (χ3v) is 7.08. The van der Waals surface area contributed by atoms with E-state index in [1.165, 1.54) is 28.9 Å². The van der Waals surface area contributed by atoms with Crippen LogP contribution in [0.4, 0.5) is 0 Å². The van der Waals surface area contributed by atoms with Gasteiger partial charge in [0.15, 0.2) is 0 Å². The van der Waals surface area contributed by atoms with E-state index in [1.807, 2.05) is 13.8 Å². The molecule has 0 unspecified atom stereocenters. The minimum Gasteiger partial charge on any atom is -0.496 e. The first-order valence-corrected chi connectivity index (χ1v) is 11.1. The number of benzene rings is 1. The van der Waals surface area contributed by atoms with Crippen molar-refractivity contribution in [2.24, 2.45) is 5.41 Å². The highest BCUT2D eigenvalue weighted by molar-refractivity contribution is 5.98. The molecule has 2 amide bonds. The number of carbonyl (C=O) groups excluding carboxylic acids is 2. The topological polar surface area (TPSA) is 49.9 Å². The number of nitrogens with zero attached hydrogens (tertiary/aromatic N) is 2. The van der Waals surface area contributed by atoms with Gasteiger partial charge in [-0.05, 0) is 67.8 Å². The fourth-order valence-corrected chi connectivity index (χ4v) is 5.67. The molecule has 2 aliphatic heterocycles. The number of imide groups is 1. The van der Waals surface area contributed by atoms with E-state index < -0.39 is 0 Å². The summed E-state index contributed by atoms with van der Waals surface area (Å²) in [6, 6.07) is 7.11. The summed E-state index contributed by atoms with van der Waals surface area (Å²) in [5.41, 5.74) is 2.70. The van der Waals surface area contributed by atoms with E-state index in [2.05, 4.69) is 23.1 Å². The molecule has 0 bridgehead atoms. The molecule has 1 aromatic rings. The highest BCUT2D eigenvalue weighted by Gasteiger charge is 2.39. The van der Waals surface area contributed by atoms with E-state index in [9.17, 15) is 9.59 Å². The number of unbranched alkanes of at least 4 members (excludes halogenated alkanes) is 1. The molecule has 0 radical (unpaired) electrons. The molecule has 2 atom stereocenters. The largest absolute Gasteiger partial charge is 0.496 e. The van der Waals surface area contributed by atoms with Crippen molar-refractivity contribution in [3.8, 4) is 5.75 Å². The molecule has 2 heterocycles. The molecule has 3 aliphatic rings. The van der Waals surface area contributed by atoms with Crippen molar-refractivity contribution >= 4 is 11.8 Å². The molecule has 5 heteroatoms. The van der Waals surface area contributed by atoms with E-state index in [0.717, 1.165) is 38.1 Å². The van der Waals surface area contributed by atoms with Crippen LogP contribution in [0.1, 0.15) is 69.4 Å². The van der Waals surface area contributed by atoms with E-state index in [4.69, 9.17) is 4.74 Å². The van der Waals surface area contributed by atoms with Crippen molar-refractivity contribution in [2.75, 3.05) is 26.7 Å². The number of amides is 2. The predicted octanol–water partition coefficient (Wildman–Crippen LogP) is 3.75. The van der Waals surface area contributed by atoms with Gasteiger partial charge in [-0.3, -0.25) is 19.4 Å². The van der Waals surface area contributed by atoms with Gasteiger partial charge in [0.05, 0.1) is 7.11 Å². The molecule has 29 heavy (non-hydrogen) atoms. The Kier molecular flexibility index (Phi) is 5.69. The SMILES string of the molecule is COc1cccc2c1CC[C@H]1[C@@H]2CCN1CCCCN1C(=O)CC(C)(C)CC1=O. The Morgan fingerprint density at radius 1 is 1.07 bits per heavy atom. The number of methoxy groups -OCH3 is 1. The number of piperidine rings is 1. The lowest BCUT2D eigenvalue weighted by Crippen LogP contribution is -2.46.